The molecule has 0 saturated heterocycles. The fraction of sp³-hybridized carbons (Fsp3) is 0.385. The molecule has 0 bridgehead atoms. The second-order valence-electron chi connectivity index (χ2n) is 4.26. The monoisotopic (exact) mass is 249 g/mol. The predicted molar refractivity (Wildman–Crippen MR) is 65.2 cm³/mol. The van der Waals surface area contributed by atoms with E-state index in [0.29, 0.717) is 19.0 Å². The number of aryl methyl sites for hydroxylation is 1. The molecule has 18 heavy (non-hydrogen) atoms. The molecule has 2 rings (SSSR count). The first-order valence-electron chi connectivity index (χ1n) is 5.92. The number of hydrogen-bond donors (Lipinski definition) is 0. The van der Waals surface area contributed by atoms with E-state index in [1.165, 1.54) is 12.1 Å². The Morgan fingerprint density at radius 1 is 1.22 bits per heavy atom. The van der Waals surface area contributed by atoms with Crippen LogP contribution in [0.2, 0.25) is 0 Å². The fourth-order valence-electron chi connectivity index (χ4n) is 1.69. The molecule has 0 aliphatic carbocycles. The third-order valence-corrected chi connectivity index (χ3v) is 2.60. The highest BCUT2D eigenvalue weighted by atomic mass is 19.1. The molecule has 0 radical (unpaired) electrons. The van der Waals surface area contributed by atoms with Crippen molar-refractivity contribution in [1.82, 2.24) is 15.0 Å². The first kappa shape index (κ1) is 12.7. The van der Waals surface area contributed by atoms with Gasteiger partial charge in [0.25, 0.3) is 0 Å². The second kappa shape index (κ2) is 5.73. The maximum atomic E-state index is 12.8. The number of hydrogen-bond acceptors (Lipinski definition) is 4. The number of benzene rings is 1. The van der Waals surface area contributed by atoms with Crippen molar-refractivity contribution in [3.05, 3.63) is 47.4 Å². The van der Waals surface area contributed by atoms with E-state index >= 15 is 0 Å². The van der Waals surface area contributed by atoms with Gasteiger partial charge in [0.15, 0.2) is 5.82 Å². The number of aromatic nitrogens is 2. The highest BCUT2D eigenvalue weighted by Crippen LogP contribution is 2.08. The topological polar surface area (TPSA) is 42.2 Å². The molecule has 0 spiro atoms. The molecular weight excluding hydrogens is 233 g/mol. The molecule has 96 valence electrons. The maximum Gasteiger partial charge on any atom is 0.240 e. The van der Waals surface area contributed by atoms with Crippen LogP contribution in [0.1, 0.15) is 24.2 Å². The van der Waals surface area contributed by atoms with E-state index in [1.807, 2.05) is 18.9 Å². The molecule has 1 aromatic heterocycles. The Morgan fingerprint density at radius 3 is 2.56 bits per heavy atom. The maximum absolute atomic E-state index is 12.8. The van der Waals surface area contributed by atoms with Crippen molar-refractivity contribution in [3.8, 4) is 0 Å². The molecule has 1 heterocycles. The van der Waals surface area contributed by atoms with Gasteiger partial charge in [-0.05, 0) is 24.7 Å². The highest BCUT2D eigenvalue weighted by Gasteiger charge is 2.08. The van der Waals surface area contributed by atoms with Crippen LogP contribution in [-0.2, 0) is 19.5 Å². The van der Waals surface area contributed by atoms with E-state index in [9.17, 15) is 4.39 Å². The van der Waals surface area contributed by atoms with Crippen molar-refractivity contribution < 1.29 is 8.91 Å². The molecule has 0 aliphatic heterocycles. The number of nitrogens with zero attached hydrogens (tertiary/aromatic N) is 3. The Hall–Kier alpha value is -1.75. The predicted octanol–water partition coefficient (Wildman–Crippen LogP) is 2.40. The van der Waals surface area contributed by atoms with Gasteiger partial charge >= 0.3 is 0 Å². The molecule has 4 nitrogen and oxygen atoms in total. The van der Waals surface area contributed by atoms with Gasteiger partial charge in [-0.25, -0.2) is 4.39 Å². The average molecular weight is 249 g/mol. The molecular formula is C13H16FN3O. The fourth-order valence-corrected chi connectivity index (χ4v) is 1.69. The van der Waals surface area contributed by atoms with Gasteiger partial charge in [0.05, 0.1) is 6.54 Å². The minimum atomic E-state index is -0.217. The third-order valence-electron chi connectivity index (χ3n) is 2.60. The molecule has 0 N–H and O–H groups in total. The summed E-state index contributed by atoms with van der Waals surface area (Å²) in [4.78, 5) is 6.29. The van der Waals surface area contributed by atoms with Crippen LogP contribution in [0.25, 0.3) is 0 Å². The lowest BCUT2D eigenvalue weighted by molar-refractivity contribution is 0.260. The smallest absolute Gasteiger partial charge is 0.240 e. The zero-order valence-corrected chi connectivity index (χ0v) is 10.6. The van der Waals surface area contributed by atoms with E-state index in [-0.39, 0.29) is 5.82 Å². The lowest BCUT2D eigenvalue weighted by Gasteiger charge is -2.13. The summed E-state index contributed by atoms with van der Waals surface area (Å²) in [6.45, 7) is 3.28. The van der Waals surface area contributed by atoms with Crippen LogP contribution in [-0.4, -0.2) is 22.1 Å². The standard InChI is InChI=1S/C13H16FN3O/c1-3-12-15-13(18-16-12)9-17(2)8-10-4-6-11(14)7-5-10/h4-7H,3,8-9H2,1-2H3. The van der Waals surface area contributed by atoms with Crippen molar-refractivity contribution in [3.63, 3.8) is 0 Å². The molecule has 5 heteroatoms. The average Bonchev–Trinajstić information content (AvgIpc) is 2.79. The van der Waals surface area contributed by atoms with Crippen LogP contribution in [0.15, 0.2) is 28.8 Å². The van der Waals surface area contributed by atoms with Crippen LogP contribution in [0.3, 0.4) is 0 Å². The van der Waals surface area contributed by atoms with Gasteiger partial charge in [0.2, 0.25) is 5.89 Å². The second-order valence-corrected chi connectivity index (χ2v) is 4.26. The third kappa shape index (κ3) is 3.37. The summed E-state index contributed by atoms with van der Waals surface area (Å²) >= 11 is 0. The van der Waals surface area contributed by atoms with Crippen molar-refractivity contribution in [2.45, 2.75) is 26.4 Å². The van der Waals surface area contributed by atoms with Gasteiger partial charge in [-0.1, -0.05) is 24.2 Å². The first-order valence-corrected chi connectivity index (χ1v) is 5.92. The zero-order valence-electron chi connectivity index (χ0n) is 10.6. The number of rotatable bonds is 5. The Balaban J connectivity index is 1.91. The van der Waals surface area contributed by atoms with Gasteiger partial charge in [0.1, 0.15) is 5.82 Å². The molecule has 0 atom stereocenters. The van der Waals surface area contributed by atoms with E-state index in [0.717, 1.165) is 17.8 Å². The molecule has 1 aromatic carbocycles. The summed E-state index contributed by atoms with van der Waals surface area (Å²) in [7, 11) is 1.96. The van der Waals surface area contributed by atoms with Crippen molar-refractivity contribution >= 4 is 0 Å². The molecule has 0 fully saturated rings. The summed E-state index contributed by atoms with van der Waals surface area (Å²) < 4.78 is 17.9. The molecule has 2 aromatic rings. The highest BCUT2D eigenvalue weighted by molar-refractivity contribution is 5.15. The SMILES string of the molecule is CCc1noc(CN(C)Cc2ccc(F)cc2)n1. The Bertz CT molecular complexity index is 495. The van der Waals surface area contributed by atoms with Crippen LogP contribution < -0.4 is 0 Å². The van der Waals surface area contributed by atoms with Crippen LogP contribution >= 0.6 is 0 Å². The Labute approximate surface area is 105 Å². The van der Waals surface area contributed by atoms with Gasteiger partial charge < -0.3 is 4.52 Å². The summed E-state index contributed by atoms with van der Waals surface area (Å²) in [6.07, 6.45) is 0.769. The minimum Gasteiger partial charge on any atom is -0.338 e. The summed E-state index contributed by atoms with van der Waals surface area (Å²) in [5.41, 5.74) is 1.05. The minimum absolute atomic E-state index is 0.217. The quantitative estimate of drug-likeness (QED) is 0.816. The number of halogens is 1. The van der Waals surface area contributed by atoms with Gasteiger partial charge in [-0.3, -0.25) is 4.90 Å². The molecule has 0 unspecified atom stereocenters. The van der Waals surface area contributed by atoms with E-state index in [1.54, 1.807) is 12.1 Å². The van der Waals surface area contributed by atoms with Crippen LogP contribution in [0, 0.1) is 5.82 Å². The van der Waals surface area contributed by atoms with Crippen molar-refractivity contribution in [2.24, 2.45) is 0 Å². The molecule has 0 amide bonds. The summed E-state index contributed by atoms with van der Waals surface area (Å²) in [5, 5.41) is 3.84. The van der Waals surface area contributed by atoms with E-state index < -0.39 is 0 Å². The van der Waals surface area contributed by atoms with E-state index in [4.69, 9.17) is 4.52 Å². The Morgan fingerprint density at radius 2 is 1.94 bits per heavy atom. The van der Waals surface area contributed by atoms with Gasteiger partial charge in [-0.15, -0.1) is 0 Å². The Kier molecular flexibility index (Phi) is 4.04. The van der Waals surface area contributed by atoms with Crippen molar-refractivity contribution in [2.75, 3.05) is 7.05 Å². The normalized spacial score (nSPS) is 11.1. The summed E-state index contributed by atoms with van der Waals surface area (Å²) in [5.74, 6) is 1.11. The lowest BCUT2D eigenvalue weighted by Crippen LogP contribution is -2.17. The van der Waals surface area contributed by atoms with Gasteiger partial charge in [0, 0.05) is 13.0 Å². The largest absolute Gasteiger partial charge is 0.338 e. The zero-order chi connectivity index (χ0) is 13.0. The first-order chi connectivity index (χ1) is 8.67. The van der Waals surface area contributed by atoms with E-state index in [2.05, 4.69) is 10.1 Å². The van der Waals surface area contributed by atoms with Crippen LogP contribution in [0.5, 0.6) is 0 Å². The van der Waals surface area contributed by atoms with Gasteiger partial charge in [-0.2, -0.15) is 4.98 Å². The molecule has 0 aliphatic rings. The van der Waals surface area contributed by atoms with Crippen molar-refractivity contribution in [1.29, 1.82) is 0 Å². The van der Waals surface area contributed by atoms with Crippen LogP contribution in [0.4, 0.5) is 4.39 Å². The molecule has 0 saturated carbocycles. The lowest BCUT2D eigenvalue weighted by atomic mass is 10.2. The summed E-state index contributed by atoms with van der Waals surface area (Å²) in [6, 6.07) is 6.48.